The molecule has 21 heavy (non-hydrogen) atoms. The van der Waals surface area contributed by atoms with E-state index in [1.54, 1.807) is 0 Å². The molecule has 2 unspecified atom stereocenters. The minimum atomic E-state index is 0.461. The number of aryl methyl sites for hydroxylation is 3. The van der Waals surface area contributed by atoms with Gasteiger partial charge in [0.2, 0.25) is 0 Å². The van der Waals surface area contributed by atoms with Gasteiger partial charge in [0.25, 0.3) is 0 Å². The minimum absolute atomic E-state index is 0.461. The molecule has 0 aliphatic heterocycles. The summed E-state index contributed by atoms with van der Waals surface area (Å²) in [7, 11) is 2.08. The van der Waals surface area contributed by atoms with Gasteiger partial charge in [0.05, 0.1) is 0 Å². The van der Waals surface area contributed by atoms with Crippen LogP contribution >= 0.6 is 0 Å². The van der Waals surface area contributed by atoms with Gasteiger partial charge in [-0.05, 0) is 57.4 Å². The maximum Gasteiger partial charge on any atom is 0.0482 e. The number of aromatic nitrogens is 1. The molecule has 0 fully saturated rings. The smallest absolute Gasteiger partial charge is 0.0482 e. The second-order valence-electron chi connectivity index (χ2n) is 6.29. The summed E-state index contributed by atoms with van der Waals surface area (Å²) in [5.41, 5.74) is 6.87. The number of rotatable bonds is 4. The van der Waals surface area contributed by atoms with Gasteiger partial charge in [-0.15, -0.1) is 0 Å². The van der Waals surface area contributed by atoms with Gasteiger partial charge < -0.3 is 5.32 Å². The highest BCUT2D eigenvalue weighted by Crippen LogP contribution is 2.34. The van der Waals surface area contributed by atoms with Gasteiger partial charge >= 0.3 is 0 Å². The molecule has 0 amide bonds. The fraction of sp³-hybridized carbons (Fsp3) is 0.421. The predicted octanol–water partition coefficient (Wildman–Crippen LogP) is 3.56. The first kappa shape index (κ1) is 14.3. The van der Waals surface area contributed by atoms with Crippen molar-refractivity contribution in [2.24, 2.45) is 0 Å². The number of benzene rings is 1. The standard InChI is InChI=1S/C19H24N2/c1-13-9-14(2)11-15(10-13)12-18(20-3)17-7-6-16-5-4-8-21-19(16)17/h4-5,8-11,17-18,20H,6-7,12H2,1-3H3. The van der Waals surface area contributed by atoms with Gasteiger partial charge in [0.15, 0.2) is 0 Å². The zero-order chi connectivity index (χ0) is 14.8. The first-order valence-corrected chi connectivity index (χ1v) is 7.85. The van der Waals surface area contributed by atoms with E-state index in [1.807, 2.05) is 6.20 Å². The molecule has 0 saturated heterocycles. The van der Waals surface area contributed by atoms with E-state index in [9.17, 15) is 0 Å². The van der Waals surface area contributed by atoms with Crippen LogP contribution < -0.4 is 5.32 Å². The average Bonchev–Trinajstić information content (AvgIpc) is 2.87. The molecule has 0 bridgehead atoms. The zero-order valence-corrected chi connectivity index (χ0v) is 13.2. The molecule has 1 aromatic carbocycles. The van der Waals surface area contributed by atoms with E-state index in [0.717, 1.165) is 6.42 Å². The molecular weight excluding hydrogens is 256 g/mol. The van der Waals surface area contributed by atoms with Gasteiger partial charge in [0.1, 0.15) is 0 Å². The van der Waals surface area contributed by atoms with Crippen molar-refractivity contribution in [3.8, 4) is 0 Å². The van der Waals surface area contributed by atoms with Crippen molar-refractivity contribution in [2.45, 2.75) is 45.1 Å². The first-order chi connectivity index (χ1) is 10.2. The molecule has 110 valence electrons. The largest absolute Gasteiger partial charge is 0.316 e. The topological polar surface area (TPSA) is 24.9 Å². The molecule has 1 N–H and O–H groups in total. The SMILES string of the molecule is CNC(Cc1cc(C)cc(C)c1)C1CCc2cccnc21. The monoisotopic (exact) mass is 280 g/mol. The van der Waals surface area contributed by atoms with E-state index in [1.165, 1.54) is 40.8 Å². The Morgan fingerprint density at radius 2 is 2.00 bits per heavy atom. The molecule has 1 aromatic heterocycles. The fourth-order valence-corrected chi connectivity index (χ4v) is 3.72. The highest BCUT2D eigenvalue weighted by molar-refractivity contribution is 5.33. The third kappa shape index (κ3) is 3.01. The van der Waals surface area contributed by atoms with Crippen LogP contribution in [0.4, 0.5) is 0 Å². The fourth-order valence-electron chi connectivity index (χ4n) is 3.72. The number of fused-ring (bicyclic) bond motifs is 1. The van der Waals surface area contributed by atoms with Gasteiger partial charge in [-0.3, -0.25) is 4.98 Å². The lowest BCUT2D eigenvalue weighted by Crippen LogP contribution is -2.33. The Bertz CT molecular complexity index is 613. The van der Waals surface area contributed by atoms with E-state index in [4.69, 9.17) is 0 Å². The molecule has 2 atom stereocenters. The van der Waals surface area contributed by atoms with Crippen molar-refractivity contribution in [1.29, 1.82) is 0 Å². The molecule has 2 aromatic rings. The number of likely N-dealkylation sites (N-methyl/N-ethyl adjacent to an activating group) is 1. The van der Waals surface area contributed by atoms with Crippen molar-refractivity contribution >= 4 is 0 Å². The number of hydrogen-bond donors (Lipinski definition) is 1. The predicted molar refractivity (Wildman–Crippen MR) is 87.8 cm³/mol. The minimum Gasteiger partial charge on any atom is -0.316 e. The van der Waals surface area contributed by atoms with Crippen molar-refractivity contribution in [2.75, 3.05) is 7.05 Å². The van der Waals surface area contributed by atoms with Crippen LogP contribution in [0.1, 0.15) is 40.3 Å². The number of pyridine rings is 1. The number of hydrogen-bond acceptors (Lipinski definition) is 2. The van der Waals surface area contributed by atoms with Crippen molar-refractivity contribution in [1.82, 2.24) is 10.3 Å². The van der Waals surface area contributed by atoms with Crippen LogP contribution in [0.5, 0.6) is 0 Å². The number of nitrogens with one attached hydrogen (secondary N) is 1. The Kier molecular flexibility index (Phi) is 4.07. The summed E-state index contributed by atoms with van der Waals surface area (Å²) >= 11 is 0. The van der Waals surface area contributed by atoms with Crippen LogP contribution in [0.2, 0.25) is 0 Å². The van der Waals surface area contributed by atoms with E-state index < -0.39 is 0 Å². The van der Waals surface area contributed by atoms with Gasteiger partial charge in [0, 0.05) is 23.9 Å². The quantitative estimate of drug-likeness (QED) is 0.926. The molecule has 1 aliphatic rings. The van der Waals surface area contributed by atoms with Crippen LogP contribution in [0.25, 0.3) is 0 Å². The van der Waals surface area contributed by atoms with E-state index in [2.05, 4.69) is 61.5 Å². The second kappa shape index (κ2) is 5.98. The van der Waals surface area contributed by atoms with Crippen molar-refractivity contribution < 1.29 is 0 Å². The molecule has 1 heterocycles. The second-order valence-corrected chi connectivity index (χ2v) is 6.29. The Labute approximate surface area is 127 Å². The van der Waals surface area contributed by atoms with E-state index >= 15 is 0 Å². The van der Waals surface area contributed by atoms with Crippen molar-refractivity contribution in [3.05, 3.63) is 64.5 Å². The third-order valence-electron chi connectivity index (χ3n) is 4.60. The molecule has 2 heteroatoms. The number of nitrogens with zero attached hydrogens (tertiary/aromatic N) is 1. The van der Waals surface area contributed by atoms with E-state index in [-0.39, 0.29) is 0 Å². The third-order valence-corrected chi connectivity index (χ3v) is 4.60. The molecule has 0 spiro atoms. The van der Waals surface area contributed by atoms with Gasteiger partial charge in [-0.1, -0.05) is 35.4 Å². The summed E-state index contributed by atoms with van der Waals surface area (Å²) in [6.45, 7) is 4.36. The van der Waals surface area contributed by atoms with Gasteiger partial charge in [-0.2, -0.15) is 0 Å². The summed E-state index contributed by atoms with van der Waals surface area (Å²) in [6, 6.07) is 11.6. The Hall–Kier alpha value is -1.67. The highest BCUT2D eigenvalue weighted by atomic mass is 14.9. The molecule has 1 aliphatic carbocycles. The molecule has 2 nitrogen and oxygen atoms in total. The van der Waals surface area contributed by atoms with Crippen LogP contribution in [-0.2, 0) is 12.8 Å². The summed E-state index contributed by atoms with van der Waals surface area (Å²) in [5.74, 6) is 0.534. The first-order valence-electron chi connectivity index (χ1n) is 7.85. The zero-order valence-electron chi connectivity index (χ0n) is 13.2. The summed E-state index contributed by atoms with van der Waals surface area (Å²) in [4.78, 5) is 4.65. The molecule has 0 radical (unpaired) electrons. The maximum absolute atomic E-state index is 4.65. The molecule has 3 rings (SSSR count). The Morgan fingerprint density at radius 3 is 2.71 bits per heavy atom. The normalized spacial score (nSPS) is 18.5. The van der Waals surface area contributed by atoms with Crippen LogP contribution in [-0.4, -0.2) is 18.1 Å². The lowest BCUT2D eigenvalue weighted by molar-refractivity contribution is 0.450. The maximum atomic E-state index is 4.65. The summed E-state index contributed by atoms with van der Waals surface area (Å²) in [5, 5.41) is 3.53. The van der Waals surface area contributed by atoms with Crippen LogP contribution in [0.3, 0.4) is 0 Å². The van der Waals surface area contributed by atoms with Crippen LogP contribution in [0.15, 0.2) is 36.5 Å². The average molecular weight is 280 g/mol. The van der Waals surface area contributed by atoms with E-state index in [0.29, 0.717) is 12.0 Å². The lowest BCUT2D eigenvalue weighted by atomic mass is 9.90. The highest BCUT2D eigenvalue weighted by Gasteiger charge is 2.30. The van der Waals surface area contributed by atoms with Crippen molar-refractivity contribution in [3.63, 3.8) is 0 Å². The summed E-state index contributed by atoms with van der Waals surface area (Å²) < 4.78 is 0. The summed E-state index contributed by atoms with van der Waals surface area (Å²) in [6.07, 6.45) is 5.38. The Morgan fingerprint density at radius 1 is 1.24 bits per heavy atom. The Balaban J connectivity index is 1.83. The van der Waals surface area contributed by atoms with Crippen LogP contribution in [0, 0.1) is 13.8 Å². The lowest BCUT2D eigenvalue weighted by Gasteiger charge is -2.24. The molecule has 0 saturated carbocycles. The van der Waals surface area contributed by atoms with Gasteiger partial charge in [-0.25, -0.2) is 0 Å². The molecular formula is C19H24N2.